The summed E-state index contributed by atoms with van der Waals surface area (Å²) in [4.78, 5) is 14.2. The van der Waals surface area contributed by atoms with Crippen molar-refractivity contribution in [1.82, 2.24) is 9.55 Å². The molecule has 0 radical (unpaired) electrons. The second kappa shape index (κ2) is 17.5. The van der Waals surface area contributed by atoms with Crippen molar-refractivity contribution in [3.63, 3.8) is 0 Å². The number of pyridine rings is 1. The zero-order chi connectivity index (χ0) is 52.2. The number of nitrogens with zero attached hydrogens (tertiary/aromatic N) is 5. The van der Waals surface area contributed by atoms with Gasteiger partial charge in [-0.05, 0) is 138 Å². The van der Waals surface area contributed by atoms with Gasteiger partial charge in [0.2, 0.25) is 0 Å². The predicted molar refractivity (Wildman–Crippen MR) is 287 cm³/mol. The minimum absolute atomic E-state index is 0.000966. The molecule has 0 fully saturated rings. The van der Waals surface area contributed by atoms with Gasteiger partial charge in [0.05, 0.1) is 39.6 Å². The number of amidine groups is 1. The van der Waals surface area contributed by atoms with Crippen molar-refractivity contribution >= 4 is 50.4 Å². The lowest BCUT2D eigenvalue weighted by Crippen LogP contribution is -2.33. The van der Waals surface area contributed by atoms with Gasteiger partial charge in [-0.3, -0.25) is 9.56 Å². The second-order valence-corrected chi connectivity index (χ2v) is 21.6. The van der Waals surface area contributed by atoms with E-state index in [4.69, 9.17) is 9.98 Å². The third-order valence-corrected chi connectivity index (χ3v) is 14.9. The Kier molecular flexibility index (Phi) is 11.5. The predicted octanol–water partition coefficient (Wildman–Crippen LogP) is 17.0. The summed E-state index contributed by atoms with van der Waals surface area (Å²) < 4.78 is 90.2. The summed E-state index contributed by atoms with van der Waals surface area (Å²) in [5.74, 6) is 0.664. The topological polar surface area (TPSA) is 36.7 Å². The van der Waals surface area contributed by atoms with Crippen molar-refractivity contribution in [3.8, 4) is 5.82 Å². The molecule has 7 aromatic carbocycles. The molecule has 11 rings (SSSR count). The highest BCUT2D eigenvalue weighted by molar-refractivity contribution is 6.13. The number of aromatic nitrogens is 2. The second-order valence-electron chi connectivity index (χ2n) is 21.6. The summed E-state index contributed by atoms with van der Waals surface area (Å²) >= 11 is 0. The van der Waals surface area contributed by atoms with Crippen LogP contribution < -0.4 is 9.80 Å². The van der Waals surface area contributed by atoms with Gasteiger partial charge in [-0.25, -0.2) is 4.98 Å². The van der Waals surface area contributed by atoms with E-state index in [0.29, 0.717) is 5.56 Å². The molecule has 1 atom stereocenters. The highest BCUT2D eigenvalue weighted by Crippen LogP contribution is 2.54. The van der Waals surface area contributed by atoms with Gasteiger partial charge in [0.1, 0.15) is 11.7 Å². The van der Waals surface area contributed by atoms with E-state index in [9.17, 15) is 26.3 Å². The minimum atomic E-state index is -5.05. The van der Waals surface area contributed by atoms with Crippen molar-refractivity contribution in [2.75, 3.05) is 16.3 Å². The van der Waals surface area contributed by atoms with E-state index in [1.807, 2.05) is 85.9 Å². The Morgan fingerprint density at radius 3 is 1.80 bits per heavy atom. The zero-order valence-electron chi connectivity index (χ0n) is 42.5. The number of rotatable bonds is 7. The molecule has 9 aromatic rings. The van der Waals surface area contributed by atoms with Crippen molar-refractivity contribution in [2.24, 2.45) is 4.99 Å². The smallest absolute Gasteiger partial charge is 0.324 e. The van der Waals surface area contributed by atoms with E-state index in [-0.39, 0.29) is 29.5 Å². The van der Waals surface area contributed by atoms with Crippen LogP contribution in [0.5, 0.6) is 0 Å². The lowest BCUT2D eigenvalue weighted by Gasteiger charge is -2.42. The molecule has 0 unspecified atom stereocenters. The molecule has 0 spiro atoms. The Morgan fingerprint density at radius 2 is 1.16 bits per heavy atom. The molecule has 2 aromatic heterocycles. The van der Waals surface area contributed by atoms with Gasteiger partial charge in [-0.2, -0.15) is 26.3 Å². The first-order valence-corrected chi connectivity index (χ1v) is 24.9. The number of hydrogen-bond donors (Lipinski definition) is 0. The maximum absolute atomic E-state index is 14.7. The highest BCUT2D eigenvalue weighted by atomic mass is 19.4. The molecule has 4 heterocycles. The van der Waals surface area contributed by atoms with Crippen LogP contribution in [0.2, 0.25) is 0 Å². The summed E-state index contributed by atoms with van der Waals surface area (Å²) in [6.45, 7) is 17.2. The van der Waals surface area contributed by atoms with Crippen molar-refractivity contribution in [3.05, 3.63) is 225 Å². The lowest BCUT2D eigenvalue weighted by molar-refractivity contribution is -0.143. The van der Waals surface area contributed by atoms with E-state index in [1.165, 1.54) is 0 Å². The monoisotopic (exact) mass is 995 g/mol. The number of fused-ring (bicyclic) bond motifs is 5. The fourth-order valence-corrected chi connectivity index (χ4v) is 11.3. The molecule has 11 heteroatoms. The van der Waals surface area contributed by atoms with E-state index in [1.54, 1.807) is 4.90 Å². The van der Waals surface area contributed by atoms with Gasteiger partial charge in [0, 0.05) is 51.8 Å². The van der Waals surface area contributed by atoms with Gasteiger partial charge in [0.15, 0.2) is 0 Å². The van der Waals surface area contributed by atoms with E-state index in [2.05, 4.69) is 125 Å². The fraction of sp³-hybridized carbons (Fsp3) is 0.238. The van der Waals surface area contributed by atoms with Crippen LogP contribution >= 0.6 is 0 Å². The molecule has 2 aliphatic rings. The maximum atomic E-state index is 14.7. The Bertz CT molecular complexity index is 3620. The van der Waals surface area contributed by atoms with Crippen LogP contribution in [0.1, 0.15) is 102 Å². The Labute approximate surface area is 427 Å². The molecule has 0 saturated carbocycles. The summed E-state index contributed by atoms with van der Waals surface area (Å²) in [6, 6.07) is 48.3. The Balaban J connectivity index is 1.16. The molecule has 5 nitrogen and oxygen atoms in total. The molecule has 374 valence electrons. The average Bonchev–Trinajstić information content (AvgIpc) is 3.93. The van der Waals surface area contributed by atoms with Crippen LogP contribution in [-0.2, 0) is 23.2 Å². The van der Waals surface area contributed by atoms with Crippen LogP contribution in [0.3, 0.4) is 0 Å². The van der Waals surface area contributed by atoms with Gasteiger partial charge >= 0.3 is 12.4 Å². The normalized spacial score (nSPS) is 15.8. The molecular formula is C63H55F6N5. The first kappa shape index (κ1) is 48.6. The third kappa shape index (κ3) is 8.49. The molecule has 0 saturated heterocycles. The van der Waals surface area contributed by atoms with Crippen molar-refractivity contribution in [1.29, 1.82) is 0 Å². The number of anilines is 4. The number of benzene rings is 7. The van der Waals surface area contributed by atoms with E-state index < -0.39 is 40.9 Å². The quantitative estimate of drug-likeness (QED) is 0.149. The standard InChI is InChI=1S/C63H55F6N5/c1-37-19-21-53-48(27-37)49-34-51-56(35-55(49)74(53)57-33-43(23-24-70-57)60(4,5)6)73(54-22-20-38(2)28-50(54)61(51,7)8)47-26-39(3)25-42(29-47)59-71-52(58(40-15-11-9-12-16-40)41-17-13-10-14-18-41)36-72(59)46-31-44(62(64,65)66)30-45(32-46)63(67,68)69/h9-35,52,58H,36H2,1-8H3/t52-/m0/s1. The van der Waals surface area contributed by atoms with Gasteiger partial charge in [-0.15, -0.1) is 0 Å². The van der Waals surface area contributed by atoms with Crippen LogP contribution in [0, 0.1) is 20.8 Å². The molecule has 0 bridgehead atoms. The van der Waals surface area contributed by atoms with Gasteiger partial charge in [0.25, 0.3) is 0 Å². The summed E-state index contributed by atoms with van der Waals surface area (Å²) in [5.41, 5.74) is 9.68. The maximum Gasteiger partial charge on any atom is 0.416 e. The number of aliphatic imine (C=N–C) groups is 1. The van der Waals surface area contributed by atoms with Crippen LogP contribution in [-0.4, -0.2) is 28.0 Å². The minimum Gasteiger partial charge on any atom is -0.324 e. The van der Waals surface area contributed by atoms with E-state index in [0.717, 1.165) is 101 Å². The summed E-state index contributed by atoms with van der Waals surface area (Å²) in [6.07, 6.45) is -8.24. The van der Waals surface area contributed by atoms with Crippen LogP contribution in [0.15, 0.2) is 169 Å². The summed E-state index contributed by atoms with van der Waals surface area (Å²) in [5, 5.41) is 2.18. The SMILES string of the molecule is Cc1cc(C2=N[C@H](C(c3ccccc3)c3ccccc3)CN2c2cc(C(F)(F)F)cc(C(F)(F)F)c2)cc(N2c3ccc(C)cc3C(C)(C)c3cc4c5cc(C)ccc5n(-c5cc(C(C)(C)C)ccn5)c4cc32)c1. The largest absolute Gasteiger partial charge is 0.416 e. The molecular weight excluding hydrogens is 941 g/mol. The average molecular weight is 996 g/mol. The molecule has 0 amide bonds. The first-order valence-electron chi connectivity index (χ1n) is 24.9. The fourth-order valence-electron chi connectivity index (χ4n) is 11.3. The number of halogens is 6. The molecule has 0 aliphatic carbocycles. The number of alkyl halides is 6. The summed E-state index contributed by atoms with van der Waals surface area (Å²) in [7, 11) is 0. The zero-order valence-corrected chi connectivity index (χ0v) is 42.5. The van der Waals surface area contributed by atoms with Crippen molar-refractivity contribution in [2.45, 2.75) is 90.5 Å². The lowest BCUT2D eigenvalue weighted by atomic mass is 9.72. The third-order valence-electron chi connectivity index (χ3n) is 14.9. The van der Waals surface area contributed by atoms with Crippen LogP contribution in [0.4, 0.5) is 49.1 Å². The number of hydrogen-bond acceptors (Lipinski definition) is 4. The molecule has 2 aliphatic heterocycles. The molecule has 0 N–H and O–H groups in total. The molecule has 74 heavy (non-hydrogen) atoms. The van der Waals surface area contributed by atoms with Gasteiger partial charge in [-0.1, -0.05) is 125 Å². The number of aryl methyl sites for hydroxylation is 3. The first-order chi connectivity index (χ1) is 35.0. The Hall–Kier alpha value is -7.66. The highest BCUT2D eigenvalue weighted by Gasteiger charge is 2.42. The Morgan fingerprint density at radius 1 is 0.554 bits per heavy atom. The van der Waals surface area contributed by atoms with Crippen LogP contribution in [0.25, 0.3) is 27.6 Å². The van der Waals surface area contributed by atoms with Gasteiger partial charge < -0.3 is 9.80 Å². The van der Waals surface area contributed by atoms with E-state index >= 15 is 0 Å². The van der Waals surface area contributed by atoms with Crippen molar-refractivity contribution < 1.29 is 26.3 Å².